The summed E-state index contributed by atoms with van der Waals surface area (Å²) in [5, 5.41) is 16.6. The van der Waals surface area contributed by atoms with Gasteiger partial charge in [0.25, 0.3) is 5.91 Å². The van der Waals surface area contributed by atoms with Crippen LogP contribution in [0.2, 0.25) is 0 Å². The van der Waals surface area contributed by atoms with Crippen LogP contribution in [0.25, 0.3) is 5.69 Å². The van der Waals surface area contributed by atoms with Crippen molar-refractivity contribution >= 4 is 17.5 Å². The number of anilines is 1. The molecule has 0 bridgehead atoms. The first kappa shape index (κ1) is 21.1. The predicted molar refractivity (Wildman–Crippen MR) is 109 cm³/mol. The smallest absolute Gasteiger partial charge is 0.251 e. The molecule has 0 saturated heterocycles. The lowest BCUT2D eigenvalue weighted by Crippen LogP contribution is -2.37. The Morgan fingerprint density at radius 1 is 1.13 bits per heavy atom. The first-order valence-corrected chi connectivity index (χ1v) is 9.55. The van der Waals surface area contributed by atoms with E-state index in [1.807, 2.05) is 19.9 Å². The van der Waals surface area contributed by atoms with Crippen molar-refractivity contribution in [3.05, 3.63) is 65.7 Å². The summed E-state index contributed by atoms with van der Waals surface area (Å²) in [6.07, 6.45) is 0.301. The Balaban J connectivity index is 1.85. The van der Waals surface area contributed by atoms with E-state index in [0.717, 1.165) is 0 Å². The number of benzene rings is 2. The van der Waals surface area contributed by atoms with Gasteiger partial charge in [-0.25, -0.2) is 4.39 Å². The van der Waals surface area contributed by atoms with E-state index in [1.54, 1.807) is 31.2 Å². The number of carbonyl (C=O) groups is 2. The highest BCUT2D eigenvalue weighted by atomic mass is 19.1. The van der Waals surface area contributed by atoms with Crippen LogP contribution in [0, 0.1) is 18.7 Å². The van der Waals surface area contributed by atoms with Crippen LogP contribution in [-0.2, 0) is 9.59 Å². The molecule has 2 N–H and O–H groups in total. The minimum atomic E-state index is -0.888. The highest BCUT2D eigenvalue weighted by Crippen LogP contribution is 2.21. The lowest BCUT2D eigenvalue weighted by atomic mass is 10.0. The standard InChI is InChI=1S/C21H23FN6O2/c1-13(2)11-19(29)24-20(15-7-5-4-6-8-15)21(30)23-16-9-10-17(22)18(12-16)28-14(3)25-26-27-28/h4-10,12-13,20H,11H2,1-3H3,(H,23,30)(H,24,29). The van der Waals surface area contributed by atoms with Crippen molar-refractivity contribution in [1.82, 2.24) is 25.5 Å². The molecular weight excluding hydrogens is 387 g/mol. The van der Waals surface area contributed by atoms with Gasteiger partial charge in [0.2, 0.25) is 5.91 Å². The number of tetrazole rings is 1. The van der Waals surface area contributed by atoms with Crippen LogP contribution in [0.15, 0.2) is 48.5 Å². The van der Waals surface area contributed by atoms with Crippen LogP contribution in [0.4, 0.5) is 10.1 Å². The summed E-state index contributed by atoms with van der Waals surface area (Å²) < 4.78 is 15.5. The van der Waals surface area contributed by atoms with Gasteiger partial charge in [-0.15, -0.1) is 5.10 Å². The number of aryl methyl sites for hydroxylation is 1. The fraction of sp³-hybridized carbons (Fsp3) is 0.286. The second kappa shape index (κ2) is 9.25. The highest BCUT2D eigenvalue weighted by Gasteiger charge is 2.23. The van der Waals surface area contributed by atoms with Gasteiger partial charge < -0.3 is 10.6 Å². The van der Waals surface area contributed by atoms with Crippen LogP contribution in [0.1, 0.15) is 37.7 Å². The fourth-order valence-corrected chi connectivity index (χ4v) is 2.96. The minimum absolute atomic E-state index is 0.107. The normalized spacial score (nSPS) is 11.9. The van der Waals surface area contributed by atoms with Crippen molar-refractivity contribution in [1.29, 1.82) is 0 Å². The van der Waals surface area contributed by atoms with Gasteiger partial charge in [-0.1, -0.05) is 44.2 Å². The molecule has 9 heteroatoms. The molecule has 3 rings (SSSR count). The van der Waals surface area contributed by atoms with Gasteiger partial charge in [0.05, 0.1) is 0 Å². The third kappa shape index (κ3) is 5.05. The van der Waals surface area contributed by atoms with Crippen LogP contribution in [0.5, 0.6) is 0 Å². The molecule has 3 aromatic rings. The maximum Gasteiger partial charge on any atom is 0.251 e. The number of rotatable bonds is 7. The number of amides is 2. The van der Waals surface area contributed by atoms with E-state index in [9.17, 15) is 14.0 Å². The zero-order chi connectivity index (χ0) is 21.7. The van der Waals surface area contributed by atoms with Gasteiger partial charge in [-0.3, -0.25) is 9.59 Å². The van der Waals surface area contributed by atoms with E-state index in [0.29, 0.717) is 23.5 Å². The third-order valence-electron chi connectivity index (χ3n) is 4.36. The summed E-state index contributed by atoms with van der Waals surface area (Å²) in [5.41, 5.74) is 1.10. The molecule has 0 fully saturated rings. The minimum Gasteiger partial charge on any atom is -0.341 e. The molecule has 0 aliphatic carbocycles. The maximum absolute atomic E-state index is 14.3. The van der Waals surface area contributed by atoms with E-state index in [-0.39, 0.29) is 17.5 Å². The Hall–Kier alpha value is -3.62. The van der Waals surface area contributed by atoms with E-state index in [4.69, 9.17) is 0 Å². The number of carbonyl (C=O) groups excluding carboxylic acids is 2. The quantitative estimate of drug-likeness (QED) is 0.624. The molecule has 0 spiro atoms. The molecule has 2 amide bonds. The Morgan fingerprint density at radius 2 is 1.87 bits per heavy atom. The monoisotopic (exact) mass is 410 g/mol. The summed E-state index contributed by atoms with van der Waals surface area (Å²) in [5.74, 6) is -0.639. The lowest BCUT2D eigenvalue weighted by molar-refractivity contribution is -0.127. The van der Waals surface area contributed by atoms with E-state index < -0.39 is 17.8 Å². The Bertz CT molecular complexity index is 1030. The first-order valence-electron chi connectivity index (χ1n) is 9.55. The molecule has 0 aliphatic rings. The van der Waals surface area contributed by atoms with Crippen LogP contribution < -0.4 is 10.6 Å². The molecule has 0 aliphatic heterocycles. The molecule has 1 unspecified atom stereocenters. The largest absolute Gasteiger partial charge is 0.341 e. The topological polar surface area (TPSA) is 102 Å². The summed E-state index contributed by atoms with van der Waals surface area (Å²) in [7, 11) is 0. The predicted octanol–water partition coefficient (Wildman–Crippen LogP) is 2.95. The molecule has 1 heterocycles. The first-order chi connectivity index (χ1) is 14.3. The highest BCUT2D eigenvalue weighted by molar-refractivity contribution is 5.98. The summed E-state index contributed by atoms with van der Waals surface area (Å²) >= 11 is 0. The molecule has 1 aromatic heterocycles. The van der Waals surface area contributed by atoms with Crippen molar-refractivity contribution < 1.29 is 14.0 Å². The Kier molecular flexibility index (Phi) is 6.51. The van der Waals surface area contributed by atoms with E-state index in [2.05, 4.69) is 26.2 Å². The molecule has 156 valence electrons. The van der Waals surface area contributed by atoms with Crippen LogP contribution >= 0.6 is 0 Å². The van der Waals surface area contributed by atoms with E-state index >= 15 is 0 Å². The van der Waals surface area contributed by atoms with Crippen molar-refractivity contribution in [3.63, 3.8) is 0 Å². The number of nitrogens with zero attached hydrogens (tertiary/aromatic N) is 4. The number of nitrogens with one attached hydrogen (secondary N) is 2. The number of hydrogen-bond acceptors (Lipinski definition) is 5. The fourth-order valence-electron chi connectivity index (χ4n) is 2.96. The van der Waals surface area contributed by atoms with Crippen molar-refractivity contribution in [2.75, 3.05) is 5.32 Å². The maximum atomic E-state index is 14.3. The molecule has 0 radical (unpaired) electrons. The molecule has 1 atom stereocenters. The van der Waals surface area contributed by atoms with Crippen molar-refractivity contribution in [2.24, 2.45) is 5.92 Å². The van der Waals surface area contributed by atoms with Gasteiger partial charge in [0, 0.05) is 12.1 Å². The van der Waals surface area contributed by atoms with Crippen LogP contribution in [-0.4, -0.2) is 32.0 Å². The average Bonchev–Trinajstić information content (AvgIpc) is 3.13. The van der Waals surface area contributed by atoms with Gasteiger partial charge in [-0.05, 0) is 47.0 Å². The van der Waals surface area contributed by atoms with Crippen molar-refractivity contribution in [2.45, 2.75) is 33.2 Å². The third-order valence-corrected chi connectivity index (χ3v) is 4.36. The average molecular weight is 410 g/mol. The summed E-state index contributed by atoms with van der Waals surface area (Å²) in [4.78, 5) is 25.3. The molecule has 8 nitrogen and oxygen atoms in total. The number of hydrogen-bond donors (Lipinski definition) is 2. The van der Waals surface area contributed by atoms with Crippen molar-refractivity contribution in [3.8, 4) is 5.69 Å². The number of aromatic nitrogens is 4. The number of halogens is 1. The summed E-state index contributed by atoms with van der Waals surface area (Å²) in [6.45, 7) is 5.50. The zero-order valence-electron chi connectivity index (χ0n) is 17.0. The van der Waals surface area contributed by atoms with Crippen LogP contribution in [0.3, 0.4) is 0 Å². The second-order valence-corrected chi connectivity index (χ2v) is 7.30. The zero-order valence-corrected chi connectivity index (χ0v) is 17.0. The SMILES string of the molecule is Cc1nnnn1-c1cc(NC(=O)C(NC(=O)CC(C)C)c2ccccc2)ccc1F. The molecule has 0 saturated carbocycles. The Labute approximate surface area is 173 Å². The van der Waals surface area contributed by atoms with Gasteiger partial charge in [0.15, 0.2) is 5.82 Å². The molecular formula is C21H23FN6O2. The molecule has 2 aromatic carbocycles. The lowest BCUT2D eigenvalue weighted by Gasteiger charge is -2.20. The second-order valence-electron chi connectivity index (χ2n) is 7.30. The molecule has 30 heavy (non-hydrogen) atoms. The summed E-state index contributed by atoms with van der Waals surface area (Å²) in [6, 6.07) is 12.2. The van der Waals surface area contributed by atoms with Gasteiger partial charge >= 0.3 is 0 Å². The van der Waals surface area contributed by atoms with Gasteiger partial charge in [0.1, 0.15) is 17.5 Å². The Morgan fingerprint density at radius 3 is 2.50 bits per heavy atom. The van der Waals surface area contributed by atoms with Gasteiger partial charge in [-0.2, -0.15) is 4.68 Å². The van der Waals surface area contributed by atoms with E-state index in [1.165, 1.54) is 22.9 Å².